The van der Waals surface area contributed by atoms with Gasteiger partial charge in [0, 0.05) is 55.6 Å². The Hall–Kier alpha value is -3.70. The number of ketones is 1. The summed E-state index contributed by atoms with van der Waals surface area (Å²) in [6, 6.07) is 5.30. The Balaban J connectivity index is 1.87. The van der Waals surface area contributed by atoms with Gasteiger partial charge in [0.1, 0.15) is 12.4 Å². The number of nitrogens with one attached hydrogen (secondary N) is 2. The number of carbonyl (C=O) groups excluding carboxylic acids is 2. The van der Waals surface area contributed by atoms with Crippen LogP contribution in [-0.4, -0.2) is 87.6 Å². The molecule has 230 valence electrons. The van der Waals surface area contributed by atoms with E-state index in [1.165, 1.54) is 0 Å². The number of methoxy groups -OCH3 is 1. The van der Waals surface area contributed by atoms with Crippen LogP contribution in [0.2, 0.25) is 0 Å². The predicted octanol–water partition coefficient (Wildman–Crippen LogP) is 3.54. The minimum absolute atomic E-state index is 0.0234. The van der Waals surface area contributed by atoms with Crippen LogP contribution in [0.1, 0.15) is 61.7 Å². The van der Waals surface area contributed by atoms with E-state index in [4.69, 9.17) is 19.6 Å². The second kappa shape index (κ2) is 14.5. The van der Waals surface area contributed by atoms with Gasteiger partial charge in [-0.15, -0.1) is 0 Å². The number of rotatable bonds is 13. The molecule has 0 bridgehead atoms. The summed E-state index contributed by atoms with van der Waals surface area (Å²) in [4.78, 5) is 29.2. The van der Waals surface area contributed by atoms with Crippen molar-refractivity contribution in [3.63, 3.8) is 0 Å². The molecule has 3 N–H and O–H groups in total. The Morgan fingerprint density at radius 3 is 2.29 bits per heavy atom. The third kappa shape index (κ3) is 7.38. The number of carbonyl (C=O) groups is 2. The number of ether oxygens (including phenoxy) is 3. The van der Waals surface area contributed by atoms with Crippen molar-refractivity contribution in [2.75, 3.05) is 64.6 Å². The standard InChI is InChI=1S/C31H43FN4O6/c1-7-41-26-15-21(22(16-33)28(32)30(26)42-8-2)17-34-18-25(38)20-13-23(31(3,4)5)29(40-6)24(14-20)35-9-11-36(12-10-35)27(39)19-37/h13-16,33-34,37H,7-12,17-19H2,1-6H3. The first-order valence-corrected chi connectivity index (χ1v) is 14.2. The summed E-state index contributed by atoms with van der Waals surface area (Å²) in [7, 11) is 1.61. The fourth-order valence-corrected chi connectivity index (χ4v) is 5.01. The number of anilines is 1. The van der Waals surface area contributed by atoms with Crippen LogP contribution in [0.3, 0.4) is 0 Å². The fraction of sp³-hybridized carbons (Fsp3) is 0.516. The SMILES string of the molecule is CCOc1cc(CNCC(=O)c2cc(N3CCN(C(=O)CO)CC3)c(OC)c(C(C)(C)C)c2)c(C=N)c(F)c1OCC. The number of hydrogen-bond donors (Lipinski definition) is 3. The average molecular weight is 587 g/mol. The molecule has 2 aromatic carbocycles. The molecular weight excluding hydrogens is 543 g/mol. The van der Waals surface area contributed by atoms with Gasteiger partial charge in [0.05, 0.1) is 32.6 Å². The first-order valence-electron chi connectivity index (χ1n) is 14.2. The first-order chi connectivity index (χ1) is 20.0. The molecule has 0 saturated carbocycles. The number of piperazine rings is 1. The van der Waals surface area contributed by atoms with Gasteiger partial charge >= 0.3 is 0 Å². The molecule has 10 nitrogen and oxygen atoms in total. The molecule has 1 heterocycles. The Morgan fingerprint density at radius 2 is 1.74 bits per heavy atom. The van der Waals surface area contributed by atoms with Gasteiger partial charge in [-0.3, -0.25) is 9.59 Å². The smallest absolute Gasteiger partial charge is 0.248 e. The summed E-state index contributed by atoms with van der Waals surface area (Å²) in [5, 5.41) is 20.1. The summed E-state index contributed by atoms with van der Waals surface area (Å²) in [6.45, 7) is 11.8. The largest absolute Gasteiger partial charge is 0.494 e. The van der Waals surface area contributed by atoms with Crippen molar-refractivity contribution in [2.24, 2.45) is 0 Å². The van der Waals surface area contributed by atoms with Gasteiger partial charge in [-0.2, -0.15) is 0 Å². The molecule has 1 aliphatic heterocycles. The molecule has 1 fully saturated rings. The van der Waals surface area contributed by atoms with Crippen molar-refractivity contribution in [1.29, 1.82) is 5.41 Å². The van der Waals surface area contributed by atoms with E-state index in [-0.39, 0.29) is 53.9 Å². The van der Waals surface area contributed by atoms with Crippen molar-refractivity contribution in [3.05, 3.63) is 46.3 Å². The molecule has 0 unspecified atom stereocenters. The van der Waals surface area contributed by atoms with Crippen LogP contribution in [0.5, 0.6) is 17.2 Å². The third-order valence-corrected chi connectivity index (χ3v) is 7.16. The lowest BCUT2D eigenvalue weighted by Gasteiger charge is -2.37. The number of halogens is 1. The zero-order valence-electron chi connectivity index (χ0n) is 25.4. The van der Waals surface area contributed by atoms with Gasteiger partial charge in [0.25, 0.3) is 0 Å². The summed E-state index contributed by atoms with van der Waals surface area (Å²) < 4.78 is 32.1. The Morgan fingerprint density at radius 1 is 1.07 bits per heavy atom. The molecular formula is C31H43FN4O6. The van der Waals surface area contributed by atoms with E-state index in [0.29, 0.717) is 49.7 Å². The summed E-state index contributed by atoms with van der Waals surface area (Å²) >= 11 is 0. The first kappa shape index (κ1) is 32.8. The van der Waals surface area contributed by atoms with Gasteiger partial charge in [-0.05, 0) is 43.0 Å². The van der Waals surface area contributed by atoms with Gasteiger partial charge < -0.3 is 39.8 Å². The van der Waals surface area contributed by atoms with Crippen LogP contribution in [0.25, 0.3) is 0 Å². The molecule has 3 rings (SSSR count). The molecule has 0 aliphatic carbocycles. The van der Waals surface area contributed by atoms with Gasteiger partial charge in [-0.25, -0.2) is 4.39 Å². The molecule has 0 atom stereocenters. The topological polar surface area (TPSA) is 124 Å². The van der Waals surface area contributed by atoms with Gasteiger partial charge in [-0.1, -0.05) is 20.8 Å². The quantitative estimate of drug-likeness (QED) is 0.241. The minimum Gasteiger partial charge on any atom is -0.494 e. The molecule has 0 spiro atoms. The highest BCUT2D eigenvalue weighted by Gasteiger charge is 2.29. The maximum Gasteiger partial charge on any atom is 0.248 e. The molecule has 0 radical (unpaired) electrons. The number of Topliss-reactive ketones (excluding diaryl/α,β-unsaturated/α-hetero) is 1. The molecule has 1 aliphatic rings. The van der Waals surface area contributed by atoms with Crippen LogP contribution in [-0.2, 0) is 16.8 Å². The van der Waals surface area contributed by atoms with Gasteiger partial charge in [0.15, 0.2) is 23.1 Å². The van der Waals surface area contributed by atoms with Crippen LogP contribution in [0.15, 0.2) is 18.2 Å². The minimum atomic E-state index is -0.670. The van der Waals surface area contributed by atoms with E-state index in [1.54, 1.807) is 31.9 Å². The van der Waals surface area contributed by atoms with Crippen LogP contribution in [0, 0.1) is 11.2 Å². The molecule has 0 aromatic heterocycles. The Bertz CT molecular complexity index is 1290. The van der Waals surface area contributed by atoms with Crippen molar-refractivity contribution in [2.45, 2.75) is 46.6 Å². The van der Waals surface area contributed by atoms with Crippen molar-refractivity contribution in [3.8, 4) is 17.2 Å². The van der Waals surface area contributed by atoms with E-state index in [1.807, 2.05) is 32.9 Å². The zero-order chi connectivity index (χ0) is 31.0. The second-order valence-electron chi connectivity index (χ2n) is 11.0. The van der Waals surface area contributed by atoms with Crippen LogP contribution < -0.4 is 24.4 Å². The molecule has 1 amide bonds. The number of aliphatic hydroxyl groups excluding tert-OH is 1. The number of amides is 1. The van der Waals surface area contributed by atoms with E-state index in [0.717, 1.165) is 17.5 Å². The van der Waals surface area contributed by atoms with Crippen molar-refractivity contribution >= 4 is 23.6 Å². The molecule has 2 aromatic rings. The highest BCUT2D eigenvalue weighted by Crippen LogP contribution is 2.41. The highest BCUT2D eigenvalue weighted by atomic mass is 19.1. The van der Waals surface area contributed by atoms with E-state index < -0.39 is 12.4 Å². The average Bonchev–Trinajstić information content (AvgIpc) is 2.97. The summed E-state index contributed by atoms with van der Waals surface area (Å²) in [6.07, 6.45) is 0.936. The zero-order valence-corrected chi connectivity index (χ0v) is 25.4. The van der Waals surface area contributed by atoms with Crippen molar-refractivity contribution in [1.82, 2.24) is 10.2 Å². The number of aliphatic hydroxyl groups is 1. The summed E-state index contributed by atoms with van der Waals surface area (Å²) in [5.41, 5.74) is 2.36. The molecule has 11 heteroatoms. The number of nitrogens with zero attached hydrogens (tertiary/aromatic N) is 2. The number of benzene rings is 2. The summed E-state index contributed by atoms with van der Waals surface area (Å²) in [5.74, 6) is -0.236. The molecule has 42 heavy (non-hydrogen) atoms. The normalized spacial score (nSPS) is 13.6. The lowest BCUT2D eigenvalue weighted by Crippen LogP contribution is -2.49. The Labute approximate surface area is 247 Å². The second-order valence-corrected chi connectivity index (χ2v) is 11.0. The highest BCUT2D eigenvalue weighted by molar-refractivity contribution is 5.99. The van der Waals surface area contributed by atoms with Crippen LogP contribution >= 0.6 is 0 Å². The lowest BCUT2D eigenvalue weighted by atomic mass is 9.84. The fourth-order valence-electron chi connectivity index (χ4n) is 5.01. The third-order valence-electron chi connectivity index (χ3n) is 7.16. The van der Waals surface area contributed by atoms with Crippen molar-refractivity contribution < 1.29 is 33.3 Å². The maximum atomic E-state index is 15.2. The van der Waals surface area contributed by atoms with E-state index >= 15 is 4.39 Å². The monoisotopic (exact) mass is 586 g/mol. The van der Waals surface area contributed by atoms with E-state index in [9.17, 15) is 14.7 Å². The maximum absolute atomic E-state index is 15.2. The molecule has 1 saturated heterocycles. The Kier molecular flexibility index (Phi) is 11.3. The number of hydrogen-bond acceptors (Lipinski definition) is 9. The van der Waals surface area contributed by atoms with Gasteiger partial charge in [0.2, 0.25) is 5.91 Å². The lowest BCUT2D eigenvalue weighted by molar-refractivity contribution is -0.134. The van der Waals surface area contributed by atoms with E-state index in [2.05, 4.69) is 10.2 Å². The van der Waals surface area contributed by atoms with Crippen LogP contribution in [0.4, 0.5) is 10.1 Å². The predicted molar refractivity (Wildman–Crippen MR) is 160 cm³/mol.